The van der Waals surface area contributed by atoms with Crippen LogP contribution < -0.4 is 11.1 Å². The van der Waals surface area contributed by atoms with E-state index in [1.54, 1.807) is 42.6 Å². The quantitative estimate of drug-likeness (QED) is 0.678. The molecule has 0 aliphatic heterocycles. The van der Waals surface area contributed by atoms with Crippen LogP contribution in [0.5, 0.6) is 0 Å². The van der Waals surface area contributed by atoms with Crippen LogP contribution in [0, 0.1) is 0 Å². The molecular weight excluding hydrogens is 352 g/mol. The number of aromatic nitrogens is 2. The number of nitrogens with zero attached hydrogens (tertiary/aromatic N) is 2. The molecule has 0 atom stereocenters. The van der Waals surface area contributed by atoms with Crippen molar-refractivity contribution < 1.29 is 9.59 Å². The Labute approximate surface area is 155 Å². The van der Waals surface area contributed by atoms with E-state index in [0.717, 1.165) is 5.56 Å². The number of nitrogens with one attached hydrogen (secondary N) is 1. The molecule has 0 aliphatic rings. The first-order valence-electron chi connectivity index (χ1n) is 7.78. The largest absolute Gasteiger partial charge is 0.366 e. The lowest BCUT2D eigenvalue weighted by Gasteiger charge is -2.08. The van der Waals surface area contributed by atoms with Gasteiger partial charge in [-0.25, -0.2) is 4.98 Å². The van der Waals surface area contributed by atoms with E-state index < -0.39 is 5.91 Å². The number of carbonyl (C=O) groups excluding carboxylic acids is 2. The first kappa shape index (κ1) is 17.6. The Morgan fingerprint density at radius 3 is 2.46 bits per heavy atom. The Balaban J connectivity index is 1.70. The van der Waals surface area contributed by atoms with E-state index in [1.807, 2.05) is 12.1 Å². The topological polar surface area (TPSA) is 98.0 Å². The molecule has 3 rings (SSSR count). The molecule has 2 heterocycles. The molecule has 0 fully saturated rings. The molecule has 0 unspecified atom stereocenters. The van der Waals surface area contributed by atoms with E-state index in [4.69, 9.17) is 17.3 Å². The van der Waals surface area contributed by atoms with Gasteiger partial charge in [0, 0.05) is 24.5 Å². The average molecular weight is 367 g/mol. The fourth-order valence-electron chi connectivity index (χ4n) is 2.42. The van der Waals surface area contributed by atoms with Gasteiger partial charge in [0.1, 0.15) is 5.15 Å². The highest BCUT2D eigenvalue weighted by Gasteiger charge is 2.10. The van der Waals surface area contributed by atoms with Gasteiger partial charge in [0.05, 0.1) is 16.8 Å². The smallest absolute Gasteiger partial charge is 0.257 e. The Kier molecular flexibility index (Phi) is 5.24. The van der Waals surface area contributed by atoms with Gasteiger partial charge in [-0.2, -0.15) is 0 Å². The maximum Gasteiger partial charge on any atom is 0.257 e. The summed E-state index contributed by atoms with van der Waals surface area (Å²) in [5, 5.41) is 3.12. The van der Waals surface area contributed by atoms with Gasteiger partial charge in [-0.15, -0.1) is 0 Å². The zero-order chi connectivity index (χ0) is 18.5. The monoisotopic (exact) mass is 366 g/mol. The van der Waals surface area contributed by atoms with Crippen molar-refractivity contribution in [2.75, 3.05) is 5.32 Å². The van der Waals surface area contributed by atoms with E-state index >= 15 is 0 Å². The number of amides is 2. The molecule has 0 saturated heterocycles. The van der Waals surface area contributed by atoms with Gasteiger partial charge >= 0.3 is 0 Å². The van der Waals surface area contributed by atoms with Crippen LogP contribution in [0.15, 0.2) is 60.9 Å². The molecule has 1 aromatic carbocycles. The van der Waals surface area contributed by atoms with Crippen LogP contribution in [0.25, 0.3) is 0 Å². The minimum absolute atomic E-state index is 0.275. The Morgan fingerprint density at radius 1 is 1.04 bits per heavy atom. The number of hydrogen-bond donors (Lipinski definition) is 2. The normalized spacial score (nSPS) is 10.3. The highest BCUT2D eigenvalue weighted by Crippen LogP contribution is 2.16. The third-order valence-electron chi connectivity index (χ3n) is 3.73. The first-order valence-corrected chi connectivity index (χ1v) is 8.16. The first-order chi connectivity index (χ1) is 12.5. The van der Waals surface area contributed by atoms with Crippen LogP contribution in [-0.4, -0.2) is 21.8 Å². The molecule has 0 aliphatic carbocycles. The molecule has 0 saturated carbocycles. The maximum atomic E-state index is 12.2. The van der Waals surface area contributed by atoms with Gasteiger partial charge in [-0.1, -0.05) is 23.7 Å². The molecule has 2 amide bonds. The molecular formula is C19H15ClN4O2. The lowest BCUT2D eigenvalue weighted by Crippen LogP contribution is -2.15. The number of carbonyl (C=O) groups is 2. The second-order valence-corrected chi connectivity index (χ2v) is 5.95. The summed E-state index contributed by atoms with van der Waals surface area (Å²) >= 11 is 5.71. The number of halogens is 1. The second kappa shape index (κ2) is 7.76. The predicted molar refractivity (Wildman–Crippen MR) is 99.2 cm³/mol. The summed E-state index contributed by atoms with van der Waals surface area (Å²) in [6, 6.07) is 13.8. The van der Waals surface area contributed by atoms with Crippen molar-refractivity contribution in [3.05, 3.63) is 88.5 Å². The van der Waals surface area contributed by atoms with Gasteiger partial charge in [0.15, 0.2) is 0 Å². The molecule has 3 aromatic rings. The summed E-state index contributed by atoms with van der Waals surface area (Å²) in [4.78, 5) is 31.7. The van der Waals surface area contributed by atoms with Crippen LogP contribution in [0.4, 0.5) is 5.69 Å². The zero-order valence-electron chi connectivity index (χ0n) is 13.6. The Bertz CT molecular complexity index is 941. The molecule has 0 spiro atoms. The van der Waals surface area contributed by atoms with Crippen molar-refractivity contribution in [1.29, 1.82) is 0 Å². The molecule has 0 bridgehead atoms. The molecule has 7 heteroatoms. The average Bonchev–Trinajstić information content (AvgIpc) is 2.64. The highest BCUT2D eigenvalue weighted by atomic mass is 35.5. The van der Waals surface area contributed by atoms with E-state index in [9.17, 15) is 9.59 Å². The summed E-state index contributed by atoms with van der Waals surface area (Å²) in [7, 11) is 0. The van der Waals surface area contributed by atoms with Crippen LogP contribution in [0.1, 0.15) is 32.0 Å². The van der Waals surface area contributed by atoms with Crippen molar-refractivity contribution in [3.8, 4) is 0 Å². The zero-order valence-corrected chi connectivity index (χ0v) is 14.4. The third kappa shape index (κ3) is 4.23. The van der Waals surface area contributed by atoms with Crippen LogP contribution in [0.2, 0.25) is 5.15 Å². The van der Waals surface area contributed by atoms with Gasteiger partial charge in [-0.05, 0) is 42.0 Å². The predicted octanol–water partition coefficient (Wildman–Crippen LogP) is 3.07. The summed E-state index contributed by atoms with van der Waals surface area (Å²) in [6.45, 7) is 0. The standard InChI is InChI=1S/C19H15ClN4O2/c20-17-8-5-13(11-23-17)19(26)24-14-6-3-12(4-7-14)10-16-15(18(21)25)2-1-9-22-16/h1-9,11H,10H2,(H2,21,25)(H,24,26). The number of rotatable bonds is 5. The lowest BCUT2D eigenvalue weighted by atomic mass is 10.0. The maximum absolute atomic E-state index is 12.2. The lowest BCUT2D eigenvalue weighted by molar-refractivity contribution is 0.0996. The number of primary amides is 1. The number of hydrogen-bond acceptors (Lipinski definition) is 4. The molecule has 26 heavy (non-hydrogen) atoms. The van der Waals surface area contributed by atoms with E-state index in [1.165, 1.54) is 6.20 Å². The fourth-order valence-corrected chi connectivity index (χ4v) is 2.53. The number of pyridine rings is 2. The molecule has 6 nitrogen and oxygen atoms in total. The summed E-state index contributed by atoms with van der Waals surface area (Å²) in [6.07, 6.45) is 3.50. The third-order valence-corrected chi connectivity index (χ3v) is 3.95. The number of nitrogens with two attached hydrogens (primary N) is 1. The summed E-state index contributed by atoms with van der Waals surface area (Å²) < 4.78 is 0. The van der Waals surface area contributed by atoms with E-state index in [-0.39, 0.29) is 5.91 Å². The van der Waals surface area contributed by atoms with Crippen molar-refractivity contribution in [1.82, 2.24) is 9.97 Å². The minimum Gasteiger partial charge on any atom is -0.366 e. The van der Waals surface area contributed by atoms with Gasteiger partial charge in [-0.3, -0.25) is 14.6 Å². The minimum atomic E-state index is -0.506. The molecule has 0 radical (unpaired) electrons. The Hall–Kier alpha value is -3.25. The number of benzene rings is 1. The molecule has 130 valence electrons. The highest BCUT2D eigenvalue weighted by molar-refractivity contribution is 6.29. The summed E-state index contributed by atoms with van der Waals surface area (Å²) in [5.41, 5.74) is 8.39. The number of anilines is 1. The van der Waals surface area contributed by atoms with Gasteiger partial charge < -0.3 is 11.1 Å². The van der Waals surface area contributed by atoms with Crippen LogP contribution in [-0.2, 0) is 6.42 Å². The van der Waals surface area contributed by atoms with Crippen molar-refractivity contribution in [2.24, 2.45) is 5.73 Å². The summed E-state index contributed by atoms with van der Waals surface area (Å²) in [5.74, 6) is -0.781. The van der Waals surface area contributed by atoms with Crippen molar-refractivity contribution in [3.63, 3.8) is 0 Å². The fraction of sp³-hybridized carbons (Fsp3) is 0.0526. The SMILES string of the molecule is NC(=O)c1cccnc1Cc1ccc(NC(=O)c2ccc(Cl)nc2)cc1. The van der Waals surface area contributed by atoms with Crippen LogP contribution >= 0.6 is 11.6 Å². The van der Waals surface area contributed by atoms with E-state index in [0.29, 0.717) is 34.1 Å². The molecule has 2 aromatic heterocycles. The second-order valence-electron chi connectivity index (χ2n) is 5.56. The van der Waals surface area contributed by atoms with Gasteiger partial charge in [0.25, 0.3) is 11.8 Å². The Morgan fingerprint density at radius 2 is 1.81 bits per heavy atom. The van der Waals surface area contributed by atoms with Gasteiger partial charge in [0.2, 0.25) is 0 Å². The van der Waals surface area contributed by atoms with E-state index in [2.05, 4.69) is 15.3 Å². The van der Waals surface area contributed by atoms with Crippen molar-refractivity contribution in [2.45, 2.75) is 6.42 Å². The molecule has 3 N–H and O–H groups in total. The van der Waals surface area contributed by atoms with Crippen LogP contribution in [0.3, 0.4) is 0 Å². The van der Waals surface area contributed by atoms with Crippen molar-refractivity contribution >= 4 is 29.1 Å².